The monoisotopic (exact) mass is 392 g/mol. The Hall–Kier alpha value is -0.930. The maximum absolute atomic E-state index is 12.6. The molecule has 6 nitrogen and oxygen atoms in total. The SMILES string of the molecule is O=C1CN(S(=O)(=O)c2cccc3c(Br)cccc23)C(=O)N1.[H-].[Na+]. The third-order valence-corrected chi connectivity index (χ3v) is 5.64. The van der Waals surface area contributed by atoms with E-state index in [1.54, 1.807) is 30.3 Å². The van der Waals surface area contributed by atoms with Crippen LogP contribution in [0.1, 0.15) is 1.43 Å². The normalized spacial score (nSPS) is 14.9. The molecule has 0 atom stereocenters. The Morgan fingerprint density at radius 1 is 1.09 bits per heavy atom. The van der Waals surface area contributed by atoms with Crippen molar-refractivity contribution < 1.29 is 49.0 Å². The smallest absolute Gasteiger partial charge is 1.00 e. The average Bonchev–Trinajstić information content (AvgIpc) is 2.78. The number of nitrogens with one attached hydrogen (secondary N) is 1. The minimum Gasteiger partial charge on any atom is -1.00 e. The Labute approximate surface area is 158 Å². The fraction of sp³-hybridized carbons (Fsp3) is 0.0769. The van der Waals surface area contributed by atoms with Crippen LogP contribution in [-0.4, -0.2) is 31.2 Å². The van der Waals surface area contributed by atoms with Crippen LogP contribution in [0.4, 0.5) is 4.79 Å². The molecule has 0 saturated carbocycles. The Morgan fingerprint density at radius 3 is 2.36 bits per heavy atom. The number of halogens is 1. The second-order valence-corrected chi connectivity index (χ2v) is 7.14. The van der Waals surface area contributed by atoms with Gasteiger partial charge in [0.25, 0.3) is 10.0 Å². The zero-order valence-electron chi connectivity index (χ0n) is 12.5. The summed E-state index contributed by atoms with van der Waals surface area (Å²) in [4.78, 5) is 22.8. The number of carbonyl (C=O) groups is 2. The minimum absolute atomic E-state index is 0. The van der Waals surface area contributed by atoms with E-state index in [-0.39, 0.29) is 35.9 Å². The molecule has 1 aliphatic heterocycles. The second-order valence-electron chi connectivity index (χ2n) is 4.46. The Morgan fingerprint density at radius 2 is 1.73 bits per heavy atom. The molecule has 110 valence electrons. The molecule has 1 fully saturated rings. The molecule has 3 amide bonds. The van der Waals surface area contributed by atoms with Crippen LogP contribution in [0.5, 0.6) is 0 Å². The van der Waals surface area contributed by atoms with Crippen LogP contribution in [0.25, 0.3) is 10.8 Å². The average molecular weight is 393 g/mol. The first-order chi connectivity index (χ1) is 9.91. The number of nitrogens with zero attached hydrogens (tertiary/aromatic N) is 1. The van der Waals surface area contributed by atoms with Crippen LogP contribution in [0.3, 0.4) is 0 Å². The number of hydrogen-bond donors (Lipinski definition) is 1. The van der Waals surface area contributed by atoms with Crippen molar-refractivity contribution in [1.82, 2.24) is 9.62 Å². The predicted molar refractivity (Wildman–Crippen MR) is 80.2 cm³/mol. The van der Waals surface area contributed by atoms with Crippen molar-refractivity contribution in [1.29, 1.82) is 0 Å². The van der Waals surface area contributed by atoms with Gasteiger partial charge < -0.3 is 1.43 Å². The molecule has 0 radical (unpaired) electrons. The summed E-state index contributed by atoms with van der Waals surface area (Å²) >= 11 is 3.36. The van der Waals surface area contributed by atoms with E-state index in [0.29, 0.717) is 15.1 Å². The molecule has 0 aromatic heterocycles. The summed E-state index contributed by atoms with van der Waals surface area (Å²) in [7, 11) is -4.08. The maximum Gasteiger partial charge on any atom is 1.00 e. The summed E-state index contributed by atoms with van der Waals surface area (Å²) in [6.45, 7) is -0.494. The molecule has 0 spiro atoms. The van der Waals surface area contributed by atoms with Gasteiger partial charge in [0.05, 0.1) is 4.90 Å². The van der Waals surface area contributed by atoms with Crippen molar-refractivity contribution in [2.45, 2.75) is 4.90 Å². The molecule has 0 aliphatic carbocycles. The number of sulfonamides is 1. The fourth-order valence-electron chi connectivity index (χ4n) is 2.20. The van der Waals surface area contributed by atoms with Crippen LogP contribution in [0, 0.1) is 0 Å². The van der Waals surface area contributed by atoms with E-state index in [4.69, 9.17) is 0 Å². The van der Waals surface area contributed by atoms with Gasteiger partial charge in [-0.05, 0) is 17.5 Å². The van der Waals surface area contributed by atoms with Gasteiger partial charge in [-0.1, -0.05) is 40.2 Å². The first-order valence-corrected chi connectivity index (χ1v) is 8.18. The first-order valence-electron chi connectivity index (χ1n) is 5.95. The summed E-state index contributed by atoms with van der Waals surface area (Å²) in [5.74, 6) is -0.634. The van der Waals surface area contributed by atoms with Crippen LogP contribution in [0.15, 0.2) is 45.8 Å². The predicted octanol–water partition coefficient (Wildman–Crippen LogP) is -1.04. The molecular formula is C13H10BrN2NaO4S. The molecule has 1 aliphatic rings. The third kappa shape index (κ3) is 2.81. The Bertz CT molecular complexity index is 891. The van der Waals surface area contributed by atoms with Gasteiger partial charge in [-0.2, -0.15) is 0 Å². The summed E-state index contributed by atoms with van der Waals surface area (Å²) in [6, 6.07) is 9.02. The van der Waals surface area contributed by atoms with E-state index in [9.17, 15) is 18.0 Å². The Kier molecular flexibility index (Phi) is 4.98. The number of rotatable bonds is 2. The van der Waals surface area contributed by atoms with E-state index >= 15 is 0 Å². The molecule has 2 aromatic rings. The summed E-state index contributed by atoms with van der Waals surface area (Å²) < 4.78 is 26.5. The third-order valence-electron chi connectivity index (χ3n) is 3.16. The van der Waals surface area contributed by atoms with E-state index < -0.39 is 28.5 Å². The zero-order chi connectivity index (χ0) is 15.2. The second kappa shape index (κ2) is 6.29. The van der Waals surface area contributed by atoms with Crippen LogP contribution in [0.2, 0.25) is 0 Å². The van der Waals surface area contributed by atoms with E-state index in [0.717, 1.165) is 4.47 Å². The van der Waals surface area contributed by atoms with Gasteiger partial charge in [-0.3, -0.25) is 10.1 Å². The number of imide groups is 1. The van der Waals surface area contributed by atoms with Crippen LogP contribution in [-0.2, 0) is 14.8 Å². The molecule has 2 aromatic carbocycles. The molecule has 0 bridgehead atoms. The number of hydrogen-bond acceptors (Lipinski definition) is 4. The number of urea groups is 1. The van der Waals surface area contributed by atoms with E-state index in [2.05, 4.69) is 15.9 Å². The first kappa shape index (κ1) is 17.4. The number of carbonyl (C=O) groups excluding carboxylic acids is 2. The van der Waals surface area contributed by atoms with E-state index in [1.807, 2.05) is 5.32 Å². The Balaban J connectivity index is 0.00000132. The largest absolute Gasteiger partial charge is 1.00 e. The van der Waals surface area contributed by atoms with Crippen molar-refractivity contribution in [3.63, 3.8) is 0 Å². The number of fused-ring (bicyclic) bond motifs is 1. The van der Waals surface area contributed by atoms with Gasteiger partial charge in [0, 0.05) is 9.86 Å². The summed E-state index contributed by atoms with van der Waals surface area (Å²) in [6.07, 6.45) is 0. The van der Waals surface area contributed by atoms with Crippen LogP contribution >= 0.6 is 15.9 Å². The molecular weight excluding hydrogens is 383 g/mol. The van der Waals surface area contributed by atoms with Crippen molar-refractivity contribution >= 4 is 48.7 Å². The van der Waals surface area contributed by atoms with Crippen molar-refractivity contribution in [3.05, 3.63) is 40.9 Å². The minimum atomic E-state index is -4.08. The summed E-state index contributed by atoms with van der Waals surface area (Å²) in [5, 5.41) is 3.16. The topological polar surface area (TPSA) is 83.6 Å². The number of benzene rings is 2. The molecule has 1 heterocycles. The molecule has 1 N–H and O–H groups in total. The van der Waals surface area contributed by atoms with Crippen molar-refractivity contribution in [2.75, 3.05) is 6.54 Å². The van der Waals surface area contributed by atoms with Gasteiger partial charge >= 0.3 is 35.6 Å². The number of amides is 3. The maximum atomic E-state index is 12.6. The molecule has 1 saturated heterocycles. The van der Waals surface area contributed by atoms with Gasteiger partial charge in [0.15, 0.2) is 0 Å². The van der Waals surface area contributed by atoms with Crippen LogP contribution < -0.4 is 34.9 Å². The fourth-order valence-corrected chi connectivity index (χ4v) is 4.20. The molecule has 0 unspecified atom stereocenters. The van der Waals surface area contributed by atoms with Gasteiger partial charge in [0.1, 0.15) is 6.54 Å². The summed E-state index contributed by atoms with van der Waals surface area (Å²) in [5.41, 5.74) is 0. The van der Waals surface area contributed by atoms with Gasteiger partial charge in [0.2, 0.25) is 5.91 Å². The molecule has 22 heavy (non-hydrogen) atoms. The molecule has 9 heteroatoms. The van der Waals surface area contributed by atoms with E-state index in [1.165, 1.54) is 6.07 Å². The zero-order valence-corrected chi connectivity index (χ0v) is 15.9. The van der Waals surface area contributed by atoms with Gasteiger partial charge in [-0.15, -0.1) is 0 Å². The van der Waals surface area contributed by atoms with Crippen molar-refractivity contribution in [3.8, 4) is 0 Å². The van der Waals surface area contributed by atoms with Crippen molar-refractivity contribution in [2.24, 2.45) is 0 Å². The van der Waals surface area contributed by atoms with Gasteiger partial charge in [-0.25, -0.2) is 17.5 Å². The molecule has 3 rings (SSSR count). The standard InChI is InChI=1S/C13H9BrN2O4S.Na.H/c14-10-5-1-4-9-8(10)3-2-6-11(9)21(19,20)16-7-12(17)15-13(16)18;;/h1-6H,7H2,(H,15,17,18);;/q;+1;-1. The quantitative estimate of drug-likeness (QED) is 0.522.